The Morgan fingerprint density at radius 2 is 1.62 bits per heavy atom. The van der Waals surface area contributed by atoms with Crippen molar-refractivity contribution in [2.75, 3.05) is 50.6 Å². The van der Waals surface area contributed by atoms with Gasteiger partial charge in [0.2, 0.25) is 5.95 Å². The van der Waals surface area contributed by atoms with Crippen molar-refractivity contribution in [3.8, 4) is 11.5 Å². The summed E-state index contributed by atoms with van der Waals surface area (Å²) in [5.74, 6) is 1.92. The Kier molecular flexibility index (Phi) is 7.63. The van der Waals surface area contributed by atoms with Crippen molar-refractivity contribution < 1.29 is 19.0 Å². The molecule has 1 N–H and O–H groups in total. The van der Waals surface area contributed by atoms with E-state index in [1.807, 2.05) is 55.8 Å². The molecule has 11 nitrogen and oxygen atoms in total. The molecule has 0 radical (unpaired) electrons. The maximum absolute atomic E-state index is 12.4. The number of hydrogen-bond acceptors (Lipinski definition) is 9. The number of amides is 1. The van der Waals surface area contributed by atoms with Gasteiger partial charge in [0.25, 0.3) is 0 Å². The van der Waals surface area contributed by atoms with Crippen molar-refractivity contribution in [2.45, 2.75) is 32.9 Å². The van der Waals surface area contributed by atoms with E-state index in [0.717, 1.165) is 52.6 Å². The molecule has 2 aromatic carbocycles. The first-order valence-electron chi connectivity index (χ1n) is 13.2. The van der Waals surface area contributed by atoms with Gasteiger partial charge in [-0.25, -0.2) is 14.5 Å². The van der Waals surface area contributed by atoms with Crippen LogP contribution in [0.5, 0.6) is 11.5 Å². The lowest BCUT2D eigenvalue weighted by Crippen LogP contribution is -2.50. The molecule has 0 atom stereocenters. The van der Waals surface area contributed by atoms with Crippen molar-refractivity contribution in [3.05, 3.63) is 60.4 Å². The number of nitrogens with one attached hydrogen (secondary N) is 1. The van der Waals surface area contributed by atoms with E-state index in [9.17, 15) is 4.79 Å². The minimum Gasteiger partial charge on any atom is -0.497 e. The minimum atomic E-state index is -0.491. The lowest BCUT2D eigenvalue weighted by molar-refractivity contribution is 0.0240. The van der Waals surface area contributed by atoms with E-state index in [-0.39, 0.29) is 6.09 Å². The fourth-order valence-corrected chi connectivity index (χ4v) is 4.53. The van der Waals surface area contributed by atoms with Gasteiger partial charge in [-0.3, -0.25) is 0 Å². The van der Waals surface area contributed by atoms with E-state index in [2.05, 4.69) is 32.4 Å². The first kappa shape index (κ1) is 27.0. The predicted octanol–water partition coefficient (Wildman–Crippen LogP) is 4.69. The highest BCUT2D eigenvalue weighted by atomic mass is 16.6. The number of benzene rings is 2. The van der Waals surface area contributed by atoms with Gasteiger partial charge in [-0.05, 0) is 62.7 Å². The van der Waals surface area contributed by atoms with E-state index in [1.165, 1.54) is 0 Å². The summed E-state index contributed by atoms with van der Waals surface area (Å²) in [5.41, 5.74) is 3.18. The molecular formula is C29H35N7O4. The van der Waals surface area contributed by atoms with E-state index in [1.54, 1.807) is 31.5 Å². The van der Waals surface area contributed by atoms with Gasteiger partial charge in [-0.15, -0.1) is 0 Å². The Balaban J connectivity index is 1.23. The summed E-state index contributed by atoms with van der Waals surface area (Å²) in [6.07, 6.45) is 3.26. The molecule has 40 heavy (non-hydrogen) atoms. The summed E-state index contributed by atoms with van der Waals surface area (Å²) in [5, 5.41) is 8.66. The first-order valence-corrected chi connectivity index (χ1v) is 13.2. The van der Waals surface area contributed by atoms with Crippen LogP contribution >= 0.6 is 0 Å². The molecule has 2 aromatic heterocycles. The van der Waals surface area contributed by atoms with E-state index >= 15 is 0 Å². The van der Waals surface area contributed by atoms with Crippen LogP contribution in [0.2, 0.25) is 0 Å². The molecule has 1 saturated heterocycles. The third-order valence-electron chi connectivity index (χ3n) is 6.54. The fourth-order valence-electron chi connectivity index (χ4n) is 4.53. The number of hydrogen-bond donors (Lipinski definition) is 1. The Hall–Kier alpha value is -4.54. The highest BCUT2D eigenvalue weighted by Gasteiger charge is 2.26. The van der Waals surface area contributed by atoms with Crippen LogP contribution in [0.15, 0.2) is 54.9 Å². The van der Waals surface area contributed by atoms with Crippen LogP contribution in [-0.4, -0.2) is 76.7 Å². The number of ether oxygens (including phenoxy) is 3. The Morgan fingerprint density at radius 1 is 0.950 bits per heavy atom. The molecule has 210 valence electrons. The fraction of sp³-hybridized carbons (Fsp3) is 0.379. The van der Waals surface area contributed by atoms with Gasteiger partial charge in [-0.1, -0.05) is 0 Å². The van der Waals surface area contributed by atoms with Crippen LogP contribution in [0, 0.1) is 0 Å². The SMILES string of the molecule is COc1cc(Cn2ncc3cnc(Nc4ccc(N5CCN(C(=O)OC(C)(C)C)CC5)cc4)nc32)cc(OC)c1. The Bertz CT molecular complexity index is 1450. The van der Waals surface area contributed by atoms with Crippen LogP contribution in [0.25, 0.3) is 11.0 Å². The molecule has 4 aromatic rings. The summed E-state index contributed by atoms with van der Waals surface area (Å²) < 4.78 is 18.1. The zero-order valence-electron chi connectivity index (χ0n) is 23.5. The monoisotopic (exact) mass is 545 g/mol. The maximum atomic E-state index is 12.4. The van der Waals surface area contributed by atoms with E-state index < -0.39 is 5.60 Å². The number of aromatic nitrogens is 4. The highest BCUT2D eigenvalue weighted by Crippen LogP contribution is 2.25. The number of anilines is 3. The van der Waals surface area contributed by atoms with Crippen molar-refractivity contribution in [3.63, 3.8) is 0 Å². The maximum Gasteiger partial charge on any atom is 0.410 e. The predicted molar refractivity (Wildman–Crippen MR) is 154 cm³/mol. The van der Waals surface area contributed by atoms with Crippen LogP contribution in [0.4, 0.5) is 22.1 Å². The second kappa shape index (κ2) is 11.3. The molecule has 1 aliphatic rings. The van der Waals surface area contributed by atoms with E-state index in [4.69, 9.17) is 19.2 Å². The number of rotatable bonds is 7. The van der Waals surface area contributed by atoms with Crippen LogP contribution in [0.3, 0.4) is 0 Å². The lowest BCUT2D eigenvalue weighted by atomic mass is 10.2. The second-order valence-corrected chi connectivity index (χ2v) is 10.6. The van der Waals surface area contributed by atoms with Gasteiger partial charge in [0.1, 0.15) is 17.1 Å². The van der Waals surface area contributed by atoms with Gasteiger partial charge in [0, 0.05) is 49.8 Å². The van der Waals surface area contributed by atoms with Gasteiger partial charge in [-0.2, -0.15) is 10.1 Å². The zero-order chi connectivity index (χ0) is 28.3. The molecule has 0 unspecified atom stereocenters. The number of carbonyl (C=O) groups is 1. The van der Waals surface area contributed by atoms with Crippen molar-refractivity contribution in [1.29, 1.82) is 0 Å². The molecule has 1 amide bonds. The van der Waals surface area contributed by atoms with Crippen LogP contribution in [-0.2, 0) is 11.3 Å². The molecule has 3 heterocycles. The van der Waals surface area contributed by atoms with Crippen molar-refractivity contribution >= 4 is 34.4 Å². The second-order valence-electron chi connectivity index (χ2n) is 10.6. The third kappa shape index (κ3) is 6.36. The largest absolute Gasteiger partial charge is 0.497 e. The normalized spacial score (nSPS) is 13.8. The van der Waals surface area contributed by atoms with Gasteiger partial charge in [0.05, 0.1) is 32.3 Å². The lowest BCUT2D eigenvalue weighted by Gasteiger charge is -2.36. The molecule has 11 heteroatoms. The van der Waals surface area contributed by atoms with Gasteiger partial charge >= 0.3 is 6.09 Å². The number of nitrogens with zero attached hydrogens (tertiary/aromatic N) is 6. The molecule has 0 aliphatic carbocycles. The summed E-state index contributed by atoms with van der Waals surface area (Å²) in [7, 11) is 3.26. The van der Waals surface area contributed by atoms with Crippen LogP contribution in [0.1, 0.15) is 26.3 Å². The molecule has 0 bridgehead atoms. The molecule has 1 fully saturated rings. The third-order valence-corrected chi connectivity index (χ3v) is 6.54. The molecular weight excluding hydrogens is 510 g/mol. The summed E-state index contributed by atoms with van der Waals surface area (Å²) in [6, 6.07) is 13.9. The standard InChI is InChI=1S/C29H35N7O4/c1-29(2,3)40-28(37)35-12-10-34(11-13-35)23-8-6-22(7-9-23)32-27-30-17-21-18-31-36(26(21)33-27)19-20-14-24(38-4)16-25(15-20)39-5/h6-9,14-18H,10-13,19H2,1-5H3,(H,30,32,33). The molecule has 0 spiro atoms. The van der Waals surface area contributed by atoms with Gasteiger partial charge < -0.3 is 29.3 Å². The smallest absolute Gasteiger partial charge is 0.410 e. The topological polar surface area (TPSA) is 107 Å². The summed E-state index contributed by atoms with van der Waals surface area (Å²) in [4.78, 5) is 25.6. The highest BCUT2D eigenvalue weighted by molar-refractivity contribution is 5.75. The number of methoxy groups -OCH3 is 2. The number of carbonyl (C=O) groups excluding carboxylic acids is 1. The average molecular weight is 546 g/mol. The average Bonchev–Trinajstić information content (AvgIpc) is 3.34. The van der Waals surface area contributed by atoms with E-state index in [0.29, 0.717) is 25.6 Å². The Labute approximate surface area is 233 Å². The molecule has 1 aliphatic heterocycles. The molecule has 0 saturated carbocycles. The quantitative estimate of drug-likeness (QED) is 0.354. The van der Waals surface area contributed by atoms with Crippen LogP contribution < -0.4 is 19.7 Å². The number of fused-ring (bicyclic) bond motifs is 1. The minimum absolute atomic E-state index is 0.256. The first-order chi connectivity index (χ1) is 19.2. The summed E-state index contributed by atoms with van der Waals surface area (Å²) >= 11 is 0. The van der Waals surface area contributed by atoms with Crippen molar-refractivity contribution in [1.82, 2.24) is 24.6 Å². The number of piperazine rings is 1. The zero-order valence-corrected chi connectivity index (χ0v) is 23.5. The summed E-state index contributed by atoms with van der Waals surface area (Å²) in [6.45, 7) is 8.89. The van der Waals surface area contributed by atoms with Crippen molar-refractivity contribution in [2.24, 2.45) is 0 Å². The molecule has 5 rings (SSSR count). The van der Waals surface area contributed by atoms with Gasteiger partial charge in [0.15, 0.2) is 5.65 Å². The Morgan fingerprint density at radius 3 is 2.25 bits per heavy atom.